The Morgan fingerprint density at radius 1 is 1.24 bits per heavy atom. The van der Waals surface area contributed by atoms with Crippen molar-refractivity contribution in [2.75, 3.05) is 20.8 Å². The van der Waals surface area contributed by atoms with Crippen LogP contribution in [-0.4, -0.2) is 45.0 Å². The fourth-order valence-electron chi connectivity index (χ4n) is 1.67. The van der Waals surface area contributed by atoms with Gasteiger partial charge in [-0.15, -0.1) is 0 Å². The minimum Gasteiger partial charge on any atom is -0.496 e. The van der Waals surface area contributed by atoms with Crippen LogP contribution in [0.1, 0.15) is 17.3 Å². The van der Waals surface area contributed by atoms with Crippen molar-refractivity contribution in [3.8, 4) is 11.5 Å². The van der Waals surface area contributed by atoms with E-state index in [9.17, 15) is 14.4 Å². The first-order valence-corrected chi connectivity index (χ1v) is 6.22. The molecule has 0 spiro atoms. The quantitative estimate of drug-likeness (QED) is 0.449. The Kier molecular flexibility index (Phi) is 6.19. The summed E-state index contributed by atoms with van der Waals surface area (Å²) in [5.74, 6) is -0.968. The fourth-order valence-corrected chi connectivity index (χ4v) is 1.67. The molecule has 0 aromatic heterocycles. The second-order valence-corrected chi connectivity index (χ2v) is 3.88. The maximum absolute atomic E-state index is 12.2. The van der Waals surface area contributed by atoms with Crippen molar-refractivity contribution in [1.29, 1.82) is 0 Å². The SMILES string of the molecule is CCOC(=O)C(C=O)NC(=O)c1c(OC)cccc1OC. The molecule has 1 unspecified atom stereocenters. The maximum Gasteiger partial charge on any atom is 0.336 e. The van der Waals surface area contributed by atoms with Gasteiger partial charge in [-0.25, -0.2) is 4.79 Å². The molecule has 1 aromatic rings. The molecule has 0 aliphatic carbocycles. The Morgan fingerprint density at radius 2 is 1.81 bits per heavy atom. The molecular weight excluding hydrogens is 278 g/mol. The van der Waals surface area contributed by atoms with E-state index in [1.807, 2.05) is 0 Å². The van der Waals surface area contributed by atoms with Crippen molar-refractivity contribution in [3.05, 3.63) is 23.8 Å². The van der Waals surface area contributed by atoms with Crippen LogP contribution < -0.4 is 14.8 Å². The van der Waals surface area contributed by atoms with Crippen molar-refractivity contribution in [1.82, 2.24) is 5.32 Å². The highest BCUT2D eigenvalue weighted by molar-refractivity contribution is 6.04. The van der Waals surface area contributed by atoms with Gasteiger partial charge in [0.05, 0.1) is 20.8 Å². The summed E-state index contributed by atoms with van der Waals surface area (Å²) in [5.41, 5.74) is 0.0960. The predicted octanol–water partition coefficient (Wildman–Crippen LogP) is 0.564. The van der Waals surface area contributed by atoms with Gasteiger partial charge in [-0.2, -0.15) is 0 Å². The third-order valence-corrected chi connectivity index (χ3v) is 2.62. The van der Waals surface area contributed by atoms with Crippen LogP contribution in [0.5, 0.6) is 11.5 Å². The summed E-state index contributed by atoms with van der Waals surface area (Å²) < 4.78 is 14.9. The van der Waals surface area contributed by atoms with Crippen molar-refractivity contribution in [2.24, 2.45) is 0 Å². The van der Waals surface area contributed by atoms with Crippen molar-refractivity contribution >= 4 is 18.2 Å². The average Bonchev–Trinajstić information content (AvgIpc) is 2.51. The summed E-state index contributed by atoms with van der Waals surface area (Å²) in [7, 11) is 2.79. The van der Waals surface area contributed by atoms with Gasteiger partial charge in [0.25, 0.3) is 5.91 Å². The third-order valence-electron chi connectivity index (χ3n) is 2.62. The summed E-state index contributed by atoms with van der Waals surface area (Å²) in [6.07, 6.45) is 0.303. The molecule has 7 heteroatoms. The second-order valence-electron chi connectivity index (χ2n) is 3.88. The molecule has 7 nitrogen and oxygen atoms in total. The second kappa shape index (κ2) is 7.88. The molecule has 0 aliphatic heterocycles. The van der Waals surface area contributed by atoms with E-state index in [2.05, 4.69) is 5.32 Å². The number of rotatable bonds is 7. The summed E-state index contributed by atoms with van der Waals surface area (Å²) in [6.45, 7) is 1.71. The minimum absolute atomic E-state index is 0.0960. The molecule has 0 saturated carbocycles. The third kappa shape index (κ3) is 3.95. The average molecular weight is 295 g/mol. The molecule has 0 radical (unpaired) electrons. The number of ether oxygens (including phenoxy) is 3. The fraction of sp³-hybridized carbons (Fsp3) is 0.357. The van der Waals surface area contributed by atoms with Gasteiger partial charge in [0, 0.05) is 0 Å². The van der Waals surface area contributed by atoms with E-state index in [4.69, 9.17) is 14.2 Å². The highest BCUT2D eigenvalue weighted by Gasteiger charge is 2.25. The van der Waals surface area contributed by atoms with Gasteiger partial charge in [0.15, 0.2) is 12.3 Å². The molecule has 1 aromatic carbocycles. The van der Waals surface area contributed by atoms with Crippen LogP contribution in [-0.2, 0) is 14.3 Å². The van der Waals surface area contributed by atoms with Gasteiger partial charge in [-0.3, -0.25) is 4.79 Å². The number of carbonyl (C=O) groups is 3. The lowest BCUT2D eigenvalue weighted by atomic mass is 10.1. The topological polar surface area (TPSA) is 90.9 Å². The highest BCUT2D eigenvalue weighted by Crippen LogP contribution is 2.27. The number of carbonyl (C=O) groups excluding carboxylic acids is 3. The van der Waals surface area contributed by atoms with Gasteiger partial charge >= 0.3 is 5.97 Å². The zero-order valence-corrected chi connectivity index (χ0v) is 12.0. The van der Waals surface area contributed by atoms with Crippen molar-refractivity contribution in [2.45, 2.75) is 13.0 Å². The van der Waals surface area contributed by atoms with Crippen molar-refractivity contribution < 1.29 is 28.6 Å². The predicted molar refractivity (Wildman–Crippen MR) is 73.5 cm³/mol. The van der Waals surface area contributed by atoms with Gasteiger partial charge in [0.1, 0.15) is 17.1 Å². The van der Waals surface area contributed by atoms with E-state index in [1.54, 1.807) is 25.1 Å². The molecule has 21 heavy (non-hydrogen) atoms. The molecule has 0 bridgehead atoms. The summed E-state index contributed by atoms with van der Waals surface area (Å²) in [6, 6.07) is 3.40. The van der Waals surface area contributed by atoms with Crippen LogP contribution in [0.25, 0.3) is 0 Å². The van der Waals surface area contributed by atoms with E-state index in [0.717, 1.165) is 0 Å². The van der Waals surface area contributed by atoms with Crippen LogP contribution in [0.15, 0.2) is 18.2 Å². The van der Waals surface area contributed by atoms with Crippen LogP contribution in [0.4, 0.5) is 0 Å². The summed E-state index contributed by atoms with van der Waals surface area (Å²) >= 11 is 0. The number of amides is 1. The van der Waals surface area contributed by atoms with E-state index in [-0.39, 0.29) is 23.7 Å². The Labute approximate surface area is 122 Å². The first kappa shape index (κ1) is 16.5. The van der Waals surface area contributed by atoms with Crippen LogP contribution in [0.2, 0.25) is 0 Å². The van der Waals surface area contributed by atoms with Gasteiger partial charge in [0.2, 0.25) is 0 Å². The molecule has 1 N–H and O–H groups in total. The largest absolute Gasteiger partial charge is 0.496 e. The molecule has 0 heterocycles. The van der Waals surface area contributed by atoms with Crippen LogP contribution in [0, 0.1) is 0 Å². The number of nitrogens with one attached hydrogen (secondary N) is 1. The molecule has 0 saturated heterocycles. The minimum atomic E-state index is -1.38. The molecule has 0 fully saturated rings. The molecule has 1 rings (SSSR count). The first-order chi connectivity index (χ1) is 10.1. The molecular formula is C14H17NO6. The Balaban J connectivity index is 3.03. The van der Waals surface area contributed by atoms with Crippen LogP contribution >= 0.6 is 0 Å². The van der Waals surface area contributed by atoms with Gasteiger partial charge < -0.3 is 24.3 Å². The van der Waals surface area contributed by atoms with E-state index < -0.39 is 17.9 Å². The van der Waals surface area contributed by atoms with Gasteiger partial charge in [-0.05, 0) is 19.1 Å². The smallest absolute Gasteiger partial charge is 0.336 e. The monoisotopic (exact) mass is 295 g/mol. The Hall–Kier alpha value is -2.57. The lowest BCUT2D eigenvalue weighted by Crippen LogP contribution is -2.43. The lowest BCUT2D eigenvalue weighted by molar-refractivity contribution is -0.146. The molecule has 1 atom stereocenters. The molecule has 114 valence electrons. The number of aldehydes is 1. The van der Waals surface area contributed by atoms with Crippen LogP contribution in [0.3, 0.4) is 0 Å². The normalized spacial score (nSPS) is 11.2. The first-order valence-electron chi connectivity index (χ1n) is 6.22. The van der Waals surface area contributed by atoms with Crippen molar-refractivity contribution in [3.63, 3.8) is 0 Å². The molecule has 0 aliphatic rings. The summed E-state index contributed by atoms with van der Waals surface area (Å²) in [4.78, 5) is 34.7. The number of hydrogen-bond donors (Lipinski definition) is 1. The van der Waals surface area contributed by atoms with E-state index >= 15 is 0 Å². The molecule has 1 amide bonds. The zero-order chi connectivity index (χ0) is 15.8. The highest BCUT2D eigenvalue weighted by atomic mass is 16.5. The number of benzene rings is 1. The Morgan fingerprint density at radius 3 is 2.24 bits per heavy atom. The Bertz CT molecular complexity index is 506. The number of hydrogen-bond acceptors (Lipinski definition) is 6. The number of methoxy groups -OCH3 is 2. The zero-order valence-electron chi connectivity index (χ0n) is 12.0. The van der Waals surface area contributed by atoms with Gasteiger partial charge in [-0.1, -0.05) is 6.07 Å². The van der Waals surface area contributed by atoms with E-state index in [0.29, 0.717) is 6.29 Å². The van der Waals surface area contributed by atoms with E-state index in [1.165, 1.54) is 14.2 Å². The number of esters is 1. The lowest BCUT2D eigenvalue weighted by Gasteiger charge is -2.15. The standard InChI is InChI=1S/C14H17NO6/c1-4-21-14(18)9(8-16)15-13(17)12-10(19-2)6-5-7-11(12)20-3/h5-9H,4H2,1-3H3,(H,15,17). The summed E-state index contributed by atoms with van der Waals surface area (Å²) in [5, 5.41) is 2.28. The maximum atomic E-state index is 12.2.